The number of aromatic nitrogens is 3. The lowest BCUT2D eigenvalue weighted by atomic mass is 10.1. The minimum atomic E-state index is 0.855. The third kappa shape index (κ3) is 3.06. The second kappa shape index (κ2) is 5.31. The van der Waals surface area contributed by atoms with Crippen molar-refractivity contribution in [1.29, 1.82) is 0 Å². The molecule has 0 fully saturated rings. The highest BCUT2D eigenvalue weighted by atomic mass is 79.9. The largest absolute Gasteiger partial charge is 0.496 e. The molecule has 5 heteroatoms. The second-order valence-electron chi connectivity index (χ2n) is 3.85. The van der Waals surface area contributed by atoms with E-state index < -0.39 is 0 Å². The van der Waals surface area contributed by atoms with Crippen molar-refractivity contribution in [3.8, 4) is 5.75 Å². The molecular weight excluding hydrogens is 282 g/mol. The van der Waals surface area contributed by atoms with Gasteiger partial charge in [0.1, 0.15) is 5.75 Å². The molecule has 17 heavy (non-hydrogen) atoms. The lowest BCUT2D eigenvalue weighted by Crippen LogP contribution is -1.93. The maximum absolute atomic E-state index is 5.19. The SMILES string of the molecule is COc1ccc(CCc2cn(C)nn2)cc1Br. The summed E-state index contributed by atoms with van der Waals surface area (Å²) in [5.41, 5.74) is 2.27. The van der Waals surface area contributed by atoms with Gasteiger partial charge in [-0.05, 0) is 46.5 Å². The van der Waals surface area contributed by atoms with Crippen LogP contribution in [-0.2, 0) is 19.9 Å². The second-order valence-corrected chi connectivity index (χ2v) is 4.71. The van der Waals surface area contributed by atoms with Gasteiger partial charge in [0, 0.05) is 13.2 Å². The van der Waals surface area contributed by atoms with Crippen molar-refractivity contribution in [3.63, 3.8) is 0 Å². The van der Waals surface area contributed by atoms with Gasteiger partial charge in [0.15, 0.2) is 0 Å². The molecule has 0 aliphatic rings. The van der Waals surface area contributed by atoms with E-state index in [1.165, 1.54) is 5.56 Å². The molecule has 90 valence electrons. The van der Waals surface area contributed by atoms with Crippen LogP contribution in [0.2, 0.25) is 0 Å². The zero-order valence-corrected chi connectivity index (χ0v) is 11.4. The van der Waals surface area contributed by atoms with Crippen molar-refractivity contribution in [1.82, 2.24) is 15.0 Å². The molecule has 1 heterocycles. The zero-order valence-electron chi connectivity index (χ0n) is 9.85. The summed E-state index contributed by atoms with van der Waals surface area (Å²) in [6, 6.07) is 6.12. The quantitative estimate of drug-likeness (QED) is 0.869. The number of nitrogens with zero attached hydrogens (tertiary/aromatic N) is 3. The van der Waals surface area contributed by atoms with Crippen LogP contribution in [0.4, 0.5) is 0 Å². The van der Waals surface area contributed by atoms with E-state index in [-0.39, 0.29) is 0 Å². The van der Waals surface area contributed by atoms with Crippen LogP contribution in [0.3, 0.4) is 0 Å². The van der Waals surface area contributed by atoms with Gasteiger partial charge >= 0.3 is 0 Å². The van der Waals surface area contributed by atoms with Gasteiger partial charge in [0.25, 0.3) is 0 Å². The van der Waals surface area contributed by atoms with E-state index in [4.69, 9.17) is 4.74 Å². The summed E-state index contributed by atoms with van der Waals surface area (Å²) in [5, 5.41) is 7.97. The van der Waals surface area contributed by atoms with Gasteiger partial charge < -0.3 is 4.74 Å². The summed E-state index contributed by atoms with van der Waals surface area (Å²) in [6.45, 7) is 0. The fourth-order valence-corrected chi connectivity index (χ4v) is 2.24. The molecule has 0 unspecified atom stereocenters. The number of hydrogen-bond donors (Lipinski definition) is 0. The van der Waals surface area contributed by atoms with Crippen LogP contribution in [0.1, 0.15) is 11.3 Å². The van der Waals surface area contributed by atoms with Crippen LogP contribution in [-0.4, -0.2) is 22.1 Å². The molecule has 2 aromatic rings. The first-order valence-electron chi connectivity index (χ1n) is 5.36. The molecule has 0 aliphatic heterocycles. The number of benzene rings is 1. The molecule has 2 rings (SSSR count). The summed E-state index contributed by atoms with van der Waals surface area (Å²) < 4.78 is 7.90. The summed E-state index contributed by atoms with van der Waals surface area (Å²) >= 11 is 3.48. The van der Waals surface area contributed by atoms with E-state index in [1.807, 2.05) is 19.3 Å². The van der Waals surface area contributed by atoms with Crippen LogP contribution >= 0.6 is 15.9 Å². The first-order valence-corrected chi connectivity index (χ1v) is 6.16. The molecular formula is C12H14BrN3O. The Labute approximate surface area is 109 Å². The number of aryl methyl sites for hydroxylation is 3. The normalized spacial score (nSPS) is 10.5. The number of hydrogen-bond acceptors (Lipinski definition) is 3. The standard InChI is InChI=1S/C12H14BrN3O/c1-16-8-10(14-15-16)5-3-9-4-6-12(17-2)11(13)7-9/h4,6-8H,3,5H2,1-2H3. The minimum absolute atomic E-state index is 0.855. The van der Waals surface area contributed by atoms with Crippen molar-refractivity contribution in [2.45, 2.75) is 12.8 Å². The highest BCUT2D eigenvalue weighted by Crippen LogP contribution is 2.25. The predicted molar refractivity (Wildman–Crippen MR) is 69.1 cm³/mol. The molecule has 0 atom stereocenters. The average molecular weight is 296 g/mol. The van der Waals surface area contributed by atoms with Crippen LogP contribution in [0, 0.1) is 0 Å². The molecule has 0 bridgehead atoms. The molecule has 0 amide bonds. The van der Waals surface area contributed by atoms with E-state index in [1.54, 1.807) is 11.8 Å². The fourth-order valence-electron chi connectivity index (χ4n) is 1.65. The lowest BCUT2D eigenvalue weighted by molar-refractivity contribution is 0.412. The van der Waals surface area contributed by atoms with Gasteiger partial charge in [-0.15, -0.1) is 5.10 Å². The fraction of sp³-hybridized carbons (Fsp3) is 0.333. The van der Waals surface area contributed by atoms with E-state index in [0.717, 1.165) is 28.8 Å². The molecule has 0 radical (unpaired) electrons. The Bertz CT molecular complexity index is 510. The Morgan fingerprint density at radius 1 is 1.35 bits per heavy atom. The Kier molecular flexibility index (Phi) is 3.78. The van der Waals surface area contributed by atoms with Crippen LogP contribution in [0.5, 0.6) is 5.75 Å². The van der Waals surface area contributed by atoms with Gasteiger partial charge in [0.05, 0.1) is 17.3 Å². The molecule has 0 N–H and O–H groups in total. The zero-order chi connectivity index (χ0) is 12.3. The van der Waals surface area contributed by atoms with Gasteiger partial charge in [-0.2, -0.15) is 0 Å². The van der Waals surface area contributed by atoms with Crippen molar-refractivity contribution in [2.24, 2.45) is 7.05 Å². The summed E-state index contributed by atoms with van der Waals surface area (Å²) in [7, 11) is 3.54. The van der Waals surface area contributed by atoms with Crippen molar-refractivity contribution in [2.75, 3.05) is 7.11 Å². The first kappa shape index (κ1) is 12.1. The number of ether oxygens (including phenoxy) is 1. The highest BCUT2D eigenvalue weighted by molar-refractivity contribution is 9.10. The third-order valence-corrected chi connectivity index (χ3v) is 3.16. The van der Waals surface area contributed by atoms with E-state index in [2.05, 4.69) is 38.4 Å². The molecule has 0 saturated carbocycles. The Morgan fingerprint density at radius 2 is 2.18 bits per heavy atom. The Balaban J connectivity index is 2.02. The third-order valence-electron chi connectivity index (χ3n) is 2.54. The van der Waals surface area contributed by atoms with Gasteiger partial charge in [-0.3, -0.25) is 4.68 Å². The first-order chi connectivity index (χ1) is 8.19. The monoisotopic (exact) mass is 295 g/mol. The highest BCUT2D eigenvalue weighted by Gasteiger charge is 2.03. The molecule has 0 aliphatic carbocycles. The van der Waals surface area contributed by atoms with Crippen LogP contribution in [0.15, 0.2) is 28.9 Å². The smallest absolute Gasteiger partial charge is 0.133 e. The van der Waals surface area contributed by atoms with E-state index in [0.29, 0.717) is 0 Å². The number of methoxy groups -OCH3 is 1. The van der Waals surface area contributed by atoms with Crippen molar-refractivity contribution < 1.29 is 4.74 Å². The number of halogens is 1. The van der Waals surface area contributed by atoms with E-state index >= 15 is 0 Å². The average Bonchev–Trinajstić information content (AvgIpc) is 2.73. The predicted octanol–water partition coefficient (Wildman–Crippen LogP) is 2.37. The molecule has 1 aromatic carbocycles. The lowest BCUT2D eigenvalue weighted by Gasteiger charge is -2.05. The topological polar surface area (TPSA) is 39.9 Å². The van der Waals surface area contributed by atoms with Crippen LogP contribution < -0.4 is 4.74 Å². The maximum atomic E-state index is 5.19. The van der Waals surface area contributed by atoms with Crippen LogP contribution in [0.25, 0.3) is 0 Å². The van der Waals surface area contributed by atoms with E-state index in [9.17, 15) is 0 Å². The Hall–Kier alpha value is -1.36. The Morgan fingerprint density at radius 3 is 2.76 bits per heavy atom. The van der Waals surface area contributed by atoms with Gasteiger partial charge in [-0.1, -0.05) is 11.3 Å². The summed E-state index contributed by atoms with van der Waals surface area (Å²) in [4.78, 5) is 0. The molecule has 0 saturated heterocycles. The maximum Gasteiger partial charge on any atom is 0.133 e. The van der Waals surface area contributed by atoms with Crippen molar-refractivity contribution in [3.05, 3.63) is 40.1 Å². The minimum Gasteiger partial charge on any atom is -0.496 e. The summed E-state index contributed by atoms with van der Waals surface area (Å²) in [5.74, 6) is 0.855. The molecule has 1 aromatic heterocycles. The van der Waals surface area contributed by atoms with Crippen molar-refractivity contribution >= 4 is 15.9 Å². The molecule has 4 nitrogen and oxygen atoms in total. The number of rotatable bonds is 4. The van der Waals surface area contributed by atoms with Gasteiger partial charge in [-0.25, -0.2) is 0 Å². The van der Waals surface area contributed by atoms with Gasteiger partial charge in [0.2, 0.25) is 0 Å². The summed E-state index contributed by atoms with van der Waals surface area (Å²) in [6.07, 6.45) is 3.78. The molecule has 0 spiro atoms.